The van der Waals surface area contributed by atoms with Gasteiger partial charge in [0.15, 0.2) is 5.82 Å². The molecule has 4 heterocycles. The van der Waals surface area contributed by atoms with E-state index in [-0.39, 0.29) is 12.3 Å². The van der Waals surface area contributed by atoms with Gasteiger partial charge in [-0.15, -0.1) is 0 Å². The van der Waals surface area contributed by atoms with Gasteiger partial charge in [-0.1, -0.05) is 0 Å². The van der Waals surface area contributed by atoms with Crippen LogP contribution >= 0.6 is 0 Å². The van der Waals surface area contributed by atoms with Gasteiger partial charge in [-0.2, -0.15) is 13.2 Å². The average molecular weight is 438 g/mol. The molecule has 0 aliphatic carbocycles. The molecule has 0 saturated carbocycles. The van der Waals surface area contributed by atoms with Crippen molar-refractivity contribution < 1.29 is 32.5 Å². The smallest absolute Gasteiger partial charge is 0.411 e. The summed E-state index contributed by atoms with van der Waals surface area (Å²) in [6.07, 6.45) is 0.215. The molecule has 0 unspecified atom stereocenters. The van der Waals surface area contributed by atoms with E-state index in [1.54, 1.807) is 6.20 Å². The van der Waals surface area contributed by atoms with Crippen molar-refractivity contribution in [3.8, 4) is 17.1 Å². The molecule has 2 aliphatic heterocycles. The minimum absolute atomic E-state index is 0.265. The molecule has 2 aromatic rings. The van der Waals surface area contributed by atoms with Crippen LogP contribution in [0.25, 0.3) is 11.3 Å². The molecule has 2 aromatic heterocycles. The summed E-state index contributed by atoms with van der Waals surface area (Å²) in [7, 11) is 0. The number of carbonyl (C=O) groups is 1. The number of halogens is 3. The second kappa shape index (κ2) is 8.66. The second-order valence-corrected chi connectivity index (χ2v) is 7.53. The zero-order valence-electron chi connectivity index (χ0n) is 16.6. The number of aliphatic carboxylic acids is 1. The van der Waals surface area contributed by atoms with E-state index >= 15 is 0 Å². The van der Waals surface area contributed by atoms with Crippen LogP contribution in [0.15, 0.2) is 18.5 Å². The summed E-state index contributed by atoms with van der Waals surface area (Å²) >= 11 is 0. The summed E-state index contributed by atoms with van der Waals surface area (Å²) in [5.74, 6) is -0.192. The number of rotatable bonds is 6. The Kier molecular flexibility index (Phi) is 5.94. The third-order valence-corrected chi connectivity index (χ3v) is 5.27. The summed E-state index contributed by atoms with van der Waals surface area (Å²) in [5.41, 5.74) is 2.47. The Labute approximate surface area is 176 Å². The minimum atomic E-state index is -4.42. The van der Waals surface area contributed by atoms with E-state index < -0.39 is 24.7 Å². The fourth-order valence-electron chi connectivity index (χ4n) is 3.71. The number of piperidine rings is 1. The molecule has 0 bridgehead atoms. The largest absolute Gasteiger partial charge is 0.481 e. The van der Waals surface area contributed by atoms with E-state index in [0.717, 1.165) is 17.5 Å². The summed E-state index contributed by atoms with van der Waals surface area (Å²) in [6, 6.07) is 1.92. The first-order valence-electron chi connectivity index (χ1n) is 9.90. The Hall–Kier alpha value is -2.95. The van der Waals surface area contributed by atoms with Crippen molar-refractivity contribution >= 4 is 11.8 Å². The third kappa shape index (κ3) is 5.04. The van der Waals surface area contributed by atoms with E-state index in [2.05, 4.69) is 15.0 Å². The fraction of sp³-hybridized carbons (Fsp3) is 0.500. The lowest BCUT2D eigenvalue weighted by Gasteiger charge is -2.32. The Bertz CT molecular complexity index is 962. The Morgan fingerprint density at radius 3 is 2.74 bits per heavy atom. The average Bonchev–Trinajstić information content (AvgIpc) is 3.21. The van der Waals surface area contributed by atoms with Crippen LogP contribution in [0, 0.1) is 5.92 Å². The molecule has 31 heavy (non-hydrogen) atoms. The molecule has 2 aliphatic rings. The van der Waals surface area contributed by atoms with Crippen LogP contribution in [-0.4, -0.2) is 58.5 Å². The number of anilines is 1. The SMILES string of the molecule is O=C(O)C1CCN(c2nc(COCC(F)(F)F)cnc2-c2cnc3c(c2)CCO3)CC1. The van der Waals surface area contributed by atoms with E-state index in [0.29, 0.717) is 49.9 Å². The highest BCUT2D eigenvalue weighted by atomic mass is 19.4. The number of fused-ring (bicyclic) bond motifs is 1. The standard InChI is InChI=1S/C20H21F3N4O4/c21-20(22,23)11-30-10-15-9-24-16(14-7-13-3-6-31-18(13)25-8-14)17(26-15)27-4-1-12(2-5-27)19(28)29/h7-9,12H,1-6,10-11H2,(H,28,29). The molecule has 4 rings (SSSR count). The van der Waals surface area contributed by atoms with Gasteiger partial charge in [-0.05, 0) is 18.9 Å². The summed E-state index contributed by atoms with van der Waals surface area (Å²) < 4.78 is 47.3. The zero-order chi connectivity index (χ0) is 22.0. The van der Waals surface area contributed by atoms with Crippen molar-refractivity contribution in [3.05, 3.63) is 29.7 Å². The first kappa shape index (κ1) is 21.3. The van der Waals surface area contributed by atoms with E-state index in [9.17, 15) is 23.1 Å². The highest BCUT2D eigenvalue weighted by Crippen LogP contribution is 2.33. The van der Waals surface area contributed by atoms with Crippen molar-refractivity contribution in [1.29, 1.82) is 0 Å². The lowest BCUT2D eigenvalue weighted by atomic mass is 9.97. The van der Waals surface area contributed by atoms with Crippen LogP contribution in [-0.2, 0) is 22.6 Å². The van der Waals surface area contributed by atoms with Crippen molar-refractivity contribution in [2.75, 3.05) is 31.2 Å². The van der Waals surface area contributed by atoms with Gasteiger partial charge >= 0.3 is 12.1 Å². The monoisotopic (exact) mass is 438 g/mol. The molecule has 0 spiro atoms. The molecule has 1 fully saturated rings. The van der Waals surface area contributed by atoms with Crippen LogP contribution < -0.4 is 9.64 Å². The number of pyridine rings is 1. The van der Waals surface area contributed by atoms with Gasteiger partial charge < -0.3 is 19.5 Å². The van der Waals surface area contributed by atoms with Crippen LogP contribution in [0.1, 0.15) is 24.1 Å². The maximum atomic E-state index is 12.4. The maximum Gasteiger partial charge on any atom is 0.411 e. The van der Waals surface area contributed by atoms with E-state index in [4.69, 9.17) is 9.47 Å². The van der Waals surface area contributed by atoms with Gasteiger partial charge in [-0.25, -0.2) is 9.97 Å². The van der Waals surface area contributed by atoms with Gasteiger partial charge in [-0.3, -0.25) is 9.78 Å². The van der Waals surface area contributed by atoms with Crippen molar-refractivity contribution in [3.63, 3.8) is 0 Å². The predicted molar refractivity (Wildman–Crippen MR) is 103 cm³/mol. The lowest BCUT2D eigenvalue weighted by molar-refractivity contribution is -0.176. The summed E-state index contributed by atoms with van der Waals surface area (Å²) in [4.78, 5) is 26.5. The number of alkyl halides is 3. The van der Waals surface area contributed by atoms with E-state index in [1.165, 1.54) is 6.20 Å². The van der Waals surface area contributed by atoms with Gasteiger partial charge in [0.05, 0.1) is 31.0 Å². The number of hydrogen-bond donors (Lipinski definition) is 1. The van der Waals surface area contributed by atoms with Gasteiger partial charge in [0.25, 0.3) is 0 Å². The van der Waals surface area contributed by atoms with E-state index in [1.807, 2.05) is 11.0 Å². The molecule has 1 N–H and O–H groups in total. The predicted octanol–water partition coefficient (Wildman–Crippen LogP) is 2.85. The Balaban J connectivity index is 1.61. The molecule has 11 heteroatoms. The summed E-state index contributed by atoms with van der Waals surface area (Å²) in [5, 5.41) is 9.25. The second-order valence-electron chi connectivity index (χ2n) is 7.53. The molecule has 1 saturated heterocycles. The Morgan fingerprint density at radius 1 is 1.26 bits per heavy atom. The molecule has 0 amide bonds. The quantitative estimate of drug-likeness (QED) is 0.736. The normalized spacial score (nSPS) is 16.8. The zero-order valence-corrected chi connectivity index (χ0v) is 16.6. The highest BCUT2D eigenvalue weighted by molar-refractivity contribution is 5.74. The summed E-state index contributed by atoms with van der Waals surface area (Å²) in [6.45, 7) is -0.241. The highest BCUT2D eigenvalue weighted by Gasteiger charge is 2.29. The molecule has 0 radical (unpaired) electrons. The number of ether oxygens (including phenoxy) is 2. The molecular weight excluding hydrogens is 417 g/mol. The van der Waals surface area contributed by atoms with Crippen molar-refractivity contribution in [2.24, 2.45) is 5.92 Å². The molecule has 166 valence electrons. The molecular formula is C20H21F3N4O4. The number of carboxylic acids is 1. The Morgan fingerprint density at radius 2 is 2.03 bits per heavy atom. The number of hydrogen-bond acceptors (Lipinski definition) is 7. The fourth-order valence-corrected chi connectivity index (χ4v) is 3.71. The molecule has 8 nitrogen and oxygen atoms in total. The number of carboxylic acid groups (broad SMARTS) is 1. The molecule has 0 atom stereocenters. The maximum absolute atomic E-state index is 12.4. The van der Waals surface area contributed by atoms with Gasteiger partial charge in [0.2, 0.25) is 5.88 Å². The lowest BCUT2D eigenvalue weighted by Crippen LogP contribution is -2.37. The van der Waals surface area contributed by atoms with Crippen molar-refractivity contribution in [2.45, 2.75) is 32.0 Å². The van der Waals surface area contributed by atoms with Crippen molar-refractivity contribution in [1.82, 2.24) is 15.0 Å². The van der Waals surface area contributed by atoms with Crippen LogP contribution in [0.4, 0.5) is 19.0 Å². The van der Waals surface area contributed by atoms with Crippen LogP contribution in [0.5, 0.6) is 5.88 Å². The minimum Gasteiger partial charge on any atom is -0.481 e. The number of nitrogens with zero attached hydrogens (tertiary/aromatic N) is 4. The van der Waals surface area contributed by atoms with Crippen LogP contribution in [0.2, 0.25) is 0 Å². The van der Waals surface area contributed by atoms with Gasteiger partial charge in [0.1, 0.15) is 12.3 Å². The van der Waals surface area contributed by atoms with Gasteiger partial charge in [0, 0.05) is 36.8 Å². The first-order valence-corrected chi connectivity index (χ1v) is 9.90. The number of aromatic nitrogens is 3. The van der Waals surface area contributed by atoms with Crippen LogP contribution in [0.3, 0.4) is 0 Å². The third-order valence-electron chi connectivity index (χ3n) is 5.27. The topological polar surface area (TPSA) is 97.7 Å². The molecule has 0 aromatic carbocycles. The first-order chi connectivity index (χ1) is 14.8.